The van der Waals surface area contributed by atoms with Crippen molar-refractivity contribution in [2.24, 2.45) is 0 Å². The zero-order chi connectivity index (χ0) is 15.8. The Morgan fingerprint density at radius 3 is 1.59 bits per heavy atom. The summed E-state index contributed by atoms with van der Waals surface area (Å²) in [4.78, 5) is 0. The molecule has 0 radical (unpaired) electrons. The molecule has 2 rings (SSSR count). The van der Waals surface area contributed by atoms with Gasteiger partial charge in [-0.1, -0.05) is 39.5 Å². The van der Waals surface area contributed by atoms with Crippen molar-refractivity contribution in [3.05, 3.63) is 47.3 Å². The Bertz CT molecular complexity index is 487. The van der Waals surface area contributed by atoms with Gasteiger partial charge in [-0.05, 0) is 44.0 Å². The van der Waals surface area contributed by atoms with Gasteiger partial charge in [0.1, 0.15) is 23.0 Å². The maximum atomic E-state index is 5.99. The Morgan fingerprint density at radius 2 is 1.18 bits per heavy atom. The SMILES string of the molecule is CCCCCc1ccc(C(C)c2ccc(CCCCC)o2)o1. The molecule has 0 spiro atoms. The van der Waals surface area contributed by atoms with Crippen molar-refractivity contribution in [1.82, 2.24) is 0 Å². The zero-order valence-corrected chi connectivity index (χ0v) is 14.4. The van der Waals surface area contributed by atoms with Gasteiger partial charge in [-0.3, -0.25) is 0 Å². The second-order valence-electron chi connectivity index (χ2n) is 6.24. The van der Waals surface area contributed by atoms with Crippen LogP contribution in [0.5, 0.6) is 0 Å². The van der Waals surface area contributed by atoms with Crippen LogP contribution in [0.2, 0.25) is 0 Å². The van der Waals surface area contributed by atoms with Crippen LogP contribution in [0.4, 0.5) is 0 Å². The second-order valence-corrected chi connectivity index (χ2v) is 6.24. The standard InChI is InChI=1S/C20H30O2/c1-4-6-8-10-17-12-14-19(21-17)16(3)20-15-13-18(22-20)11-9-7-5-2/h12-16H,4-11H2,1-3H3. The highest BCUT2D eigenvalue weighted by molar-refractivity contribution is 5.21. The Kier molecular flexibility index (Phi) is 6.82. The lowest BCUT2D eigenvalue weighted by atomic mass is 10.1. The molecule has 0 saturated carbocycles. The molecule has 0 atom stereocenters. The number of unbranched alkanes of at least 4 members (excludes halogenated alkanes) is 4. The van der Waals surface area contributed by atoms with Crippen LogP contribution in [-0.4, -0.2) is 0 Å². The highest BCUT2D eigenvalue weighted by atomic mass is 16.4. The number of rotatable bonds is 10. The third-order valence-corrected chi connectivity index (χ3v) is 4.27. The average molecular weight is 302 g/mol. The second kappa shape index (κ2) is 8.87. The molecule has 22 heavy (non-hydrogen) atoms. The van der Waals surface area contributed by atoms with Crippen molar-refractivity contribution in [3.8, 4) is 0 Å². The Hall–Kier alpha value is -1.44. The number of hydrogen-bond acceptors (Lipinski definition) is 2. The summed E-state index contributed by atoms with van der Waals surface area (Å²) >= 11 is 0. The van der Waals surface area contributed by atoms with E-state index in [4.69, 9.17) is 8.83 Å². The lowest BCUT2D eigenvalue weighted by Crippen LogP contribution is -1.92. The van der Waals surface area contributed by atoms with Gasteiger partial charge in [0.15, 0.2) is 0 Å². The van der Waals surface area contributed by atoms with E-state index >= 15 is 0 Å². The summed E-state index contributed by atoms with van der Waals surface area (Å²) < 4.78 is 12.0. The van der Waals surface area contributed by atoms with Crippen LogP contribution in [-0.2, 0) is 12.8 Å². The van der Waals surface area contributed by atoms with Crippen molar-refractivity contribution in [3.63, 3.8) is 0 Å². The fraction of sp³-hybridized carbons (Fsp3) is 0.600. The van der Waals surface area contributed by atoms with Crippen molar-refractivity contribution >= 4 is 0 Å². The summed E-state index contributed by atoms with van der Waals surface area (Å²) in [5.74, 6) is 4.43. The molecular weight excluding hydrogens is 272 g/mol. The molecule has 0 unspecified atom stereocenters. The third-order valence-electron chi connectivity index (χ3n) is 4.27. The third kappa shape index (κ3) is 4.79. The van der Waals surface area contributed by atoms with Gasteiger partial charge in [0.05, 0.1) is 5.92 Å². The summed E-state index contributed by atoms with van der Waals surface area (Å²) in [6.07, 6.45) is 9.53. The first kappa shape index (κ1) is 16.9. The van der Waals surface area contributed by atoms with E-state index in [9.17, 15) is 0 Å². The van der Waals surface area contributed by atoms with Crippen LogP contribution in [0.3, 0.4) is 0 Å². The van der Waals surface area contributed by atoms with E-state index in [1.165, 1.54) is 38.5 Å². The molecule has 2 heteroatoms. The summed E-state index contributed by atoms with van der Waals surface area (Å²) in [5, 5.41) is 0. The van der Waals surface area contributed by atoms with Gasteiger partial charge in [0.25, 0.3) is 0 Å². The number of hydrogen-bond donors (Lipinski definition) is 0. The summed E-state index contributed by atoms with van der Waals surface area (Å²) in [6.45, 7) is 6.61. The Morgan fingerprint density at radius 1 is 0.727 bits per heavy atom. The first-order valence-electron chi connectivity index (χ1n) is 8.91. The largest absolute Gasteiger partial charge is 0.465 e. The fourth-order valence-corrected chi connectivity index (χ4v) is 2.76. The normalized spacial score (nSPS) is 11.5. The van der Waals surface area contributed by atoms with Crippen LogP contribution < -0.4 is 0 Å². The maximum absolute atomic E-state index is 5.99. The first-order valence-corrected chi connectivity index (χ1v) is 8.91. The number of aryl methyl sites for hydroxylation is 2. The van der Waals surface area contributed by atoms with Crippen LogP contribution in [0, 0.1) is 0 Å². The fourth-order valence-electron chi connectivity index (χ4n) is 2.76. The molecule has 0 bridgehead atoms. The van der Waals surface area contributed by atoms with Crippen LogP contribution in [0.1, 0.15) is 88.3 Å². The molecule has 0 aliphatic heterocycles. The first-order chi connectivity index (χ1) is 10.7. The molecule has 0 saturated heterocycles. The van der Waals surface area contributed by atoms with Crippen LogP contribution >= 0.6 is 0 Å². The predicted octanol–water partition coefficient (Wildman–Crippen LogP) is 6.49. The molecule has 0 aliphatic carbocycles. The lowest BCUT2D eigenvalue weighted by Gasteiger charge is -2.05. The predicted molar refractivity (Wildman–Crippen MR) is 91.4 cm³/mol. The topological polar surface area (TPSA) is 26.3 Å². The average Bonchev–Trinajstić information content (AvgIpc) is 3.17. The molecule has 0 amide bonds. The molecule has 0 aromatic carbocycles. The van der Waals surface area contributed by atoms with E-state index in [2.05, 4.69) is 45.0 Å². The van der Waals surface area contributed by atoms with E-state index in [0.29, 0.717) is 0 Å². The zero-order valence-electron chi connectivity index (χ0n) is 14.4. The van der Waals surface area contributed by atoms with Crippen molar-refractivity contribution in [2.45, 2.75) is 78.1 Å². The molecule has 2 heterocycles. The van der Waals surface area contributed by atoms with Crippen molar-refractivity contribution < 1.29 is 8.83 Å². The highest BCUT2D eigenvalue weighted by Crippen LogP contribution is 2.28. The molecule has 2 nitrogen and oxygen atoms in total. The lowest BCUT2D eigenvalue weighted by molar-refractivity contribution is 0.401. The smallest absolute Gasteiger partial charge is 0.114 e. The van der Waals surface area contributed by atoms with E-state index in [1.807, 2.05) is 0 Å². The molecule has 0 N–H and O–H groups in total. The van der Waals surface area contributed by atoms with Crippen molar-refractivity contribution in [1.29, 1.82) is 0 Å². The Balaban J connectivity index is 1.91. The monoisotopic (exact) mass is 302 g/mol. The summed E-state index contributed by atoms with van der Waals surface area (Å²) in [6, 6.07) is 8.44. The van der Waals surface area contributed by atoms with Crippen LogP contribution in [0.25, 0.3) is 0 Å². The van der Waals surface area contributed by atoms with Crippen molar-refractivity contribution in [2.75, 3.05) is 0 Å². The highest BCUT2D eigenvalue weighted by Gasteiger charge is 2.16. The van der Waals surface area contributed by atoms with Crippen LogP contribution in [0.15, 0.2) is 33.1 Å². The minimum atomic E-state index is 0.194. The maximum Gasteiger partial charge on any atom is 0.114 e. The van der Waals surface area contributed by atoms with Gasteiger partial charge in [0, 0.05) is 12.8 Å². The van der Waals surface area contributed by atoms with E-state index in [0.717, 1.165) is 35.9 Å². The molecule has 2 aromatic heterocycles. The molecule has 0 aliphatic rings. The van der Waals surface area contributed by atoms with Gasteiger partial charge in [-0.25, -0.2) is 0 Å². The summed E-state index contributed by atoms with van der Waals surface area (Å²) in [7, 11) is 0. The van der Waals surface area contributed by atoms with E-state index in [1.54, 1.807) is 0 Å². The van der Waals surface area contributed by atoms with Gasteiger partial charge < -0.3 is 8.83 Å². The van der Waals surface area contributed by atoms with E-state index < -0.39 is 0 Å². The van der Waals surface area contributed by atoms with Gasteiger partial charge >= 0.3 is 0 Å². The van der Waals surface area contributed by atoms with E-state index in [-0.39, 0.29) is 5.92 Å². The van der Waals surface area contributed by atoms with Gasteiger partial charge in [0.2, 0.25) is 0 Å². The molecular formula is C20H30O2. The quantitative estimate of drug-likeness (QED) is 0.469. The van der Waals surface area contributed by atoms with Gasteiger partial charge in [-0.2, -0.15) is 0 Å². The minimum Gasteiger partial charge on any atom is -0.465 e. The summed E-state index contributed by atoms with van der Waals surface area (Å²) in [5.41, 5.74) is 0. The number of furan rings is 2. The molecule has 122 valence electrons. The molecule has 2 aromatic rings. The molecule has 0 fully saturated rings. The van der Waals surface area contributed by atoms with Gasteiger partial charge in [-0.15, -0.1) is 0 Å². The Labute approximate surface area is 134 Å². The minimum absolute atomic E-state index is 0.194.